The summed E-state index contributed by atoms with van der Waals surface area (Å²) in [5.74, 6) is -0.0696. The number of anilines is 2. The molecule has 0 atom stereocenters. The van der Waals surface area contributed by atoms with Crippen LogP contribution >= 0.6 is 11.3 Å². The highest BCUT2D eigenvalue weighted by atomic mass is 32.1. The molecule has 0 fully saturated rings. The van der Waals surface area contributed by atoms with Crippen LogP contribution in [0.2, 0.25) is 0 Å². The first-order valence-corrected chi connectivity index (χ1v) is 7.63. The first kappa shape index (κ1) is 15.9. The number of nitro benzene ring substituents is 1. The van der Waals surface area contributed by atoms with Crippen molar-refractivity contribution in [2.45, 2.75) is 19.8 Å². The number of hydrogen-bond acceptors (Lipinski definition) is 6. The van der Waals surface area contributed by atoms with Crippen LogP contribution in [0.4, 0.5) is 16.5 Å². The number of nitrogens with zero attached hydrogens (tertiary/aromatic N) is 2. The quantitative estimate of drug-likeness (QED) is 0.464. The van der Waals surface area contributed by atoms with Gasteiger partial charge in [0.05, 0.1) is 10.6 Å². The number of aryl methyl sites for hydroxylation is 1. The predicted molar refractivity (Wildman–Crippen MR) is 86.3 cm³/mol. The number of nitrogens with one attached hydrogen (secondary N) is 2. The van der Waals surface area contributed by atoms with Gasteiger partial charge in [-0.05, 0) is 25.5 Å². The molecule has 7 nitrogen and oxygen atoms in total. The molecule has 0 saturated heterocycles. The minimum absolute atomic E-state index is 0.0590. The molecule has 1 amide bonds. The summed E-state index contributed by atoms with van der Waals surface area (Å²) in [6, 6.07) is 6.19. The standard InChI is InChI=1S/C14H16N4O3S/c1-10-9-22-14(16-10)17-13(19)3-2-8-15-11-4-6-12(7-5-11)18(20)21/h4-7,9,15H,2-3,8H2,1H3,(H,16,17,19). The first-order chi connectivity index (χ1) is 10.5. The molecule has 2 rings (SSSR count). The average Bonchev–Trinajstić information content (AvgIpc) is 2.89. The topological polar surface area (TPSA) is 97.2 Å². The second-order valence-corrected chi connectivity index (χ2v) is 5.53. The summed E-state index contributed by atoms with van der Waals surface area (Å²) in [5.41, 5.74) is 1.74. The summed E-state index contributed by atoms with van der Waals surface area (Å²) >= 11 is 1.40. The Labute approximate surface area is 131 Å². The van der Waals surface area contributed by atoms with Crippen molar-refractivity contribution >= 4 is 33.8 Å². The number of amides is 1. The fourth-order valence-corrected chi connectivity index (χ4v) is 2.48. The van der Waals surface area contributed by atoms with E-state index >= 15 is 0 Å². The van der Waals surface area contributed by atoms with Crippen LogP contribution in [0, 0.1) is 17.0 Å². The molecule has 0 saturated carbocycles. The van der Waals surface area contributed by atoms with Crippen molar-refractivity contribution in [2.24, 2.45) is 0 Å². The minimum Gasteiger partial charge on any atom is -0.385 e. The Hall–Kier alpha value is -2.48. The molecule has 0 unspecified atom stereocenters. The van der Waals surface area contributed by atoms with E-state index < -0.39 is 4.92 Å². The molecule has 8 heteroatoms. The third kappa shape index (κ3) is 4.81. The van der Waals surface area contributed by atoms with Crippen LogP contribution < -0.4 is 10.6 Å². The Balaban J connectivity index is 1.68. The van der Waals surface area contributed by atoms with Gasteiger partial charge in [-0.2, -0.15) is 0 Å². The molecule has 2 aromatic rings. The van der Waals surface area contributed by atoms with Crippen LogP contribution in [0.25, 0.3) is 0 Å². The normalized spacial score (nSPS) is 10.2. The molecular formula is C14H16N4O3S. The highest BCUT2D eigenvalue weighted by Crippen LogP contribution is 2.16. The number of nitro groups is 1. The van der Waals surface area contributed by atoms with E-state index in [2.05, 4.69) is 15.6 Å². The van der Waals surface area contributed by atoms with Gasteiger partial charge in [-0.1, -0.05) is 0 Å². The maximum Gasteiger partial charge on any atom is 0.269 e. The van der Waals surface area contributed by atoms with E-state index in [1.54, 1.807) is 12.1 Å². The van der Waals surface area contributed by atoms with Crippen molar-refractivity contribution in [3.8, 4) is 0 Å². The van der Waals surface area contributed by atoms with Crippen LogP contribution in [-0.2, 0) is 4.79 Å². The fourth-order valence-electron chi connectivity index (χ4n) is 1.78. The van der Waals surface area contributed by atoms with Crippen LogP contribution in [0.1, 0.15) is 18.5 Å². The van der Waals surface area contributed by atoms with Crippen molar-refractivity contribution in [2.75, 3.05) is 17.2 Å². The maximum absolute atomic E-state index is 11.7. The number of carbonyl (C=O) groups excluding carboxylic acids is 1. The summed E-state index contributed by atoms with van der Waals surface area (Å²) in [6.07, 6.45) is 1.05. The minimum atomic E-state index is -0.436. The van der Waals surface area contributed by atoms with Crippen LogP contribution in [-0.4, -0.2) is 22.4 Å². The number of hydrogen-bond donors (Lipinski definition) is 2. The van der Waals surface area contributed by atoms with Gasteiger partial charge in [0.15, 0.2) is 5.13 Å². The largest absolute Gasteiger partial charge is 0.385 e. The highest BCUT2D eigenvalue weighted by molar-refractivity contribution is 7.13. The van der Waals surface area contributed by atoms with Gasteiger partial charge in [0.25, 0.3) is 5.69 Å². The van der Waals surface area contributed by atoms with Crippen LogP contribution in [0.5, 0.6) is 0 Å². The highest BCUT2D eigenvalue weighted by Gasteiger charge is 2.06. The van der Waals surface area contributed by atoms with Gasteiger partial charge < -0.3 is 10.6 Å². The zero-order valence-corrected chi connectivity index (χ0v) is 12.9. The average molecular weight is 320 g/mol. The Kier molecular flexibility index (Phi) is 5.42. The molecule has 1 heterocycles. The van der Waals surface area contributed by atoms with E-state index in [0.29, 0.717) is 24.5 Å². The van der Waals surface area contributed by atoms with Crippen molar-refractivity contribution in [3.63, 3.8) is 0 Å². The SMILES string of the molecule is Cc1csc(NC(=O)CCCNc2ccc([N+](=O)[O-])cc2)n1. The first-order valence-electron chi connectivity index (χ1n) is 6.75. The predicted octanol–water partition coefficient (Wildman–Crippen LogP) is 3.19. The van der Waals surface area contributed by atoms with Crippen molar-refractivity contribution in [3.05, 3.63) is 45.5 Å². The zero-order chi connectivity index (χ0) is 15.9. The monoisotopic (exact) mass is 320 g/mol. The molecule has 2 N–H and O–H groups in total. The number of aromatic nitrogens is 1. The molecule has 0 aliphatic heterocycles. The number of rotatable bonds is 7. The van der Waals surface area contributed by atoms with Crippen molar-refractivity contribution < 1.29 is 9.72 Å². The number of carbonyl (C=O) groups is 1. The number of non-ortho nitro benzene ring substituents is 1. The van der Waals surface area contributed by atoms with E-state index in [4.69, 9.17) is 0 Å². The fraction of sp³-hybridized carbons (Fsp3) is 0.286. The summed E-state index contributed by atoms with van der Waals surface area (Å²) in [5, 5.41) is 18.9. The van der Waals surface area contributed by atoms with Gasteiger partial charge >= 0.3 is 0 Å². The van der Waals surface area contributed by atoms with E-state index in [0.717, 1.165) is 11.4 Å². The van der Waals surface area contributed by atoms with E-state index in [1.807, 2.05) is 12.3 Å². The molecule has 116 valence electrons. The van der Waals surface area contributed by atoms with Crippen LogP contribution in [0.15, 0.2) is 29.6 Å². The smallest absolute Gasteiger partial charge is 0.269 e. The molecular weight excluding hydrogens is 304 g/mol. The lowest BCUT2D eigenvalue weighted by Gasteiger charge is -2.06. The Morgan fingerprint density at radius 2 is 2.09 bits per heavy atom. The lowest BCUT2D eigenvalue weighted by Crippen LogP contribution is -2.13. The van der Waals surface area contributed by atoms with Gasteiger partial charge in [-0.3, -0.25) is 14.9 Å². The molecule has 0 aliphatic rings. The molecule has 0 radical (unpaired) electrons. The van der Waals surface area contributed by atoms with Crippen molar-refractivity contribution in [1.82, 2.24) is 4.98 Å². The second kappa shape index (κ2) is 7.51. The van der Waals surface area contributed by atoms with Gasteiger partial charge in [-0.25, -0.2) is 4.98 Å². The third-order valence-corrected chi connectivity index (χ3v) is 3.73. The number of thiazole rings is 1. The van der Waals surface area contributed by atoms with Crippen molar-refractivity contribution in [1.29, 1.82) is 0 Å². The summed E-state index contributed by atoms with van der Waals surface area (Å²) in [6.45, 7) is 2.49. The van der Waals surface area contributed by atoms with Gasteiger partial charge in [-0.15, -0.1) is 11.3 Å². The van der Waals surface area contributed by atoms with E-state index in [9.17, 15) is 14.9 Å². The van der Waals surface area contributed by atoms with Gasteiger partial charge in [0, 0.05) is 36.2 Å². The maximum atomic E-state index is 11.7. The lowest BCUT2D eigenvalue weighted by molar-refractivity contribution is -0.384. The van der Waals surface area contributed by atoms with Gasteiger partial charge in [0.2, 0.25) is 5.91 Å². The van der Waals surface area contributed by atoms with Crippen LogP contribution in [0.3, 0.4) is 0 Å². The second-order valence-electron chi connectivity index (χ2n) is 4.68. The Morgan fingerprint density at radius 1 is 1.36 bits per heavy atom. The number of benzene rings is 1. The molecule has 0 spiro atoms. The van der Waals surface area contributed by atoms with E-state index in [-0.39, 0.29) is 11.6 Å². The molecule has 0 aliphatic carbocycles. The third-order valence-electron chi connectivity index (χ3n) is 2.85. The summed E-state index contributed by atoms with van der Waals surface area (Å²) in [7, 11) is 0. The molecule has 0 bridgehead atoms. The summed E-state index contributed by atoms with van der Waals surface area (Å²) < 4.78 is 0. The Morgan fingerprint density at radius 3 is 2.68 bits per heavy atom. The van der Waals surface area contributed by atoms with E-state index in [1.165, 1.54) is 23.5 Å². The summed E-state index contributed by atoms with van der Waals surface area (Å²) in [4.78, 5) is 26.0. The zero-order valence-electron chi connectivity index (χ0n) is 12.0. The molecule has 22 heavy (non-hydrogen) atoms. The Bertz CT molecular complexity index is 654. The lowest BCUT2D eigenvalue weighted by atomic mass is 10.2. The van der Waals surface area contributed by atoms with Gasteiger partial charge in [0.1, 0.15) is 0 Å². The molecule has 1 aromatic carbocycles. The molecule has 1 aromatic heterocycles.